The van der Waals surface area contributed by atoms with Gasteiger partial charge in [0, 0.05) is 31.1 Å². The van der Waals surface area contributed by atoms with Crippen LogP contribution < -0.4 is 15.4 Å². The van der Waals surface area contributed by atoms with Gasteiger partial charge in [0.25, 0.3) is 5.91 Å². The predicted molar refractivity (Wildman–Crippen MR) is 158 cm³/mol. The van der Waals surface area contributed by atoms with Crippen LogP contribution in [0.4, 0.5) is 10.2 Å². The minimum absolute atomic E-state index is 0.0122. The van der Waals surface area contributed by atoms with Gasteiger partial charge in [0.15, 0.2) is 5.82 Å². The molecule has 0 bridgehead atoms. The van der Waals surface area contributed by atoms with Gasteiger partial charge in [-0.05, 0) is 37.1 Å². The number of ether oxygens (including phenoxy) is 1. The van der Waals surface area contributed by atoms with Gasteiger partial charge in [0.1, 0.15) is 23.9 Å². The van der Waals surface area contributed by atoms with Crippen LogP contribution in [0.2, 0.25) is 0 Å². The number of halogens is 2. The Morgan fingerprint density at radius 2 is 2.09 bits per heavy atom. The molecule has 3 aromatic rings. The Hall–Kier alpha value is -4.69. The van der Waals surface area contributed by atoms with Crippen molar-refractivity contribution >= 4 is 40.8 Å². The topological polar surface area (TPSA) is 171 Å². The van der Waals surface area contributed by atoms with Gasteiger partial charge in [0.05, 0.1) is 54.0 Å². The van der Waals surface area contributed by atoms with Crippen LogP contribution in [0, 0.1) is 11.2 Å². The summed E-state index contributed by atoms with van der Waals surface area (Å²) in [5, 5.41) is 32.7. The number of nitrogens with one attached hydrogen (secondary N) is 3. The number of aryl methyl sites for hydroxylation is 1. The zero-order chi connectivity index (χ0) is 31.3. The molecule has 0 saturated carbocycles. The number of aliphatic hydroxyl groups excluding tert-OH is 1. The number of aliphatic hydroxyl groups is 1. The molecule has 2 amide bonds. The van der Waals surface area contributed by atoms with E-state index in [1.807, 2.05) is 0 Å². The minimum Gasteiger partial charge on any atom is -0.497 e. The quantitative estimate of drug-likeness (QED) is 0.189. The first-order valence-electron chi connectivity index (χ1n) is 13.2. The number of amides is 2. The molecule has 15 heteroatoms. The van der Waals surface area contributed by atoms with Gasteiger partial charge in [-0.2, -0.15) is 9.90 Å². The Morgan fingerprint density at radius 1 is 1.33 bits per heavy atom. The zero-order valence-electron chi connectivity index (χ0n) is 23.9. The number of aliphatic imine (C=N–C) groups is 1. The molecule has 0 unspecified atom stereocenters. The molecule has 0 spiro atoms. The highest BCUT2D eigenvalue weighted by Gasteiger charge is 2.32. The number of amidine groups is 1. The molecule has 4 rings (SSSR count). The molecular weight excluding hydrogens is 581 g/mol. The first-order valence-corrected chi connectivity index (χ1v) is 13.6. The highest BCUT2D eigenvalue weighted by molar-refractivity contribution is 6.45. The van der Waals surface area contributed by atoms with Crippen molar-refractivity contribution < 1.29 is 23.8 Å². The van der Waals surface area contributed by atoms with Crippen LogP contribution in [0.15, 0.2) is 52.9 Å². The van der Waals surface area contributed by atoms with E-state index in [2.05, 4.69) is 30.8 Å². The molecule has 43 heavy (non-hydrogen) atoms. The molecule has 1 aliphatic rings. The van der Waals surface area contributed by atoms with Crippen LogP contribution in [0.5, 0.6) is 5.75 Å². The molecule has 0 saturated heterocycles. The van der Waals surface area contributed by atoms with Gasteiger partial charge in [-0.15, -0.1) is 5.10 Å². The first-order chi connectivity index (χ1) is 20.5. The summed E-state index contributed by atoms with van der Waals surface area (Å²) in [6.07, 6.45) is 3.53. The number of carbonyl (C=O) groups excluding carboxylic acids is 2. The number of carbonyl (C=O) groups is 2. The number of allylic oxidation sites excluding steroid dienone is 1. The first kappa shape index (κ1) is 31.3. The smallest absolute Gasteiger partial charge is 0.256 e. The molecule has 3 heterocycles. The largest absolute Gasteiger partial charge is 0.497 e. The van der Waals surface area contributed by atoms with Gasteiger partial charge < -0.3 is 25.4 Å². The van der Waals surface area contributed by atoms with E-state index in [0.29, 0.717) is 28.5 Å². The number of aromatic nitrogens is 4. The van der Waals surface area contributed by atoms with E-state index in [9.17, 15) is 19.1 Å². The number of hydrogen-bond acceptors (Lipinski definition) is 9. The van der Waals surface area contributed by atoms with E-state index in [4.69, 9.17) is 21.7 Å². The van der Waals surface area contributed by atoms with E-state index in [-0.39, 0.29) is 41.6 Å². The van der Waals surface area contributed by atoms with Crippen molar-refractivity contribution in [3.05, 3.63) is 76.1 Å². The molecule has 0 radical (unpaired) electrons. The summed E-state index contributed by atoms with van der Waals surface area (Å²) in [7, 11) is 3.07. The molecule has 4 N–H and O–H groups in total. The Bertz CT molecular complexity index is 1610. The lowest BCUT2D eigenvalue weighted by Gasteiger charge is -2.25. The van der Waals surface area contributed by atoms with Gasteiger partial charge in [-0.1, -0.05) is 18.5 Å². The molecule has 1 aliphatic heterocycles. The van der Waals surface area contributed by atoms with Crippen LogP contribution in [0.25, 0.3) is 0 Å². The number of methoxy groups -OCH3 is 1. The monoisotopic (exact) mass is 611 g/mol. The number of pyridine rings is 1. The van der Waals surface area contributed by atoms with Crippen LogP contribution >= 0.6 is 11.6 Å². The summed E-state index contributed by atoms with van der Waals surface area (Å²) >= 11 is 6.31. The zero-order valence-corrected chi connectivity index (χ0v) is 24.7. The molecule has 2 aromatic heterocycles. The maximum absolute atomic E-state index is 14.1. The van der Waals surface area contributed by atoms with Crippen LogP contribution in [-0.2, 0) is 18.4 Å². The summed E-state index contributed by atoms with van der Waals surface area (Å²) in [4.78, 5) is 37.4. The lowest BCUT2D eigenvalue weighted by molar-refractivity contribution is -0.123. The van der Waals surface area contributed by atoms with Crippen LogP contribution in [0.1, 0.15) is 53.5 Å². The van der Waals surface area contributed by atoms with Gasteiger partial charge >= 0.3 is 0 Å². The molecular formula is C28H31ClFN9O4. The molecule has 226 valence electrons. The maximum Gasteiger partial charge on any atom is 0.256 e. The average Bonchev–Trinajstić information content (AvgIpc) is 3.54. The fourth-order valence-corrected chi connectivity index (χ4v) is 4.54. The maximum atomic E-state index is 14.1. The number of rotatable bonds is 11. The average molecular weight is 612 g/mol. The second-order valence-electron chi connectivity index (χ2n) is 9.74. The molecule has 13 nitrogen and oxygen atoms in total. The van der Waals surface area contributed by atoms with Crippen molar-refractivity contribution in [3.63, 3.8) is 0 Å². The number of anilines is 1. The predicted octanol–water partition coefficient (Wildman–Crippen LogP) is 2.92. The fraction of sp³-hybridized carbons (Fsp3) is 0.321. The molecule has 0 fully saturated rings. The van der Waals surface area contributed by atoms with Crippen LogP contribution in [0.3, 0.4) is 0 Å². The normalized spacial score (nSPS) is 14.8. The van der Waals surface area contributed by atoms with E-state index < -0.39 is 29.8 Å². The van der Waals surface area contributed by atoms with E-state index in [1.54, 1.807) is 20.9 Å². The molecule has 2 atom stereocenters. The van der Waals surface area contributed by atoms with Crippen LogP contribution in [-0.4, -0.2) is 73.1 Å². The lowest BCUT2D eigenvalue weighted by atomic mass is 9.99. The second kappa shape index (κ2) is 13.5. The molecule has 1 aromatic carbocycles. The third kappa shape index (κ3) is 7.59. The Morgan fingerprint density at radius 3 is 2.77 bits per heavy atom. The fourth-order valence-electron chi connectivity index (χ4n) is 4.38. The van der Waals surface area contributed by atoms with E-state index in [1.165, 1.54) is 59.7 Å². The summed E-state index contributed by atoms with van der Waals surface area (Å²) in [6.45, 7) is 3.17. The second-order valence-corrected chi connectivity index (χ2v) is 10.1. The van der Waals surface area contributed by atoms with E-state index >= 15 is 0 Å². The highest BCUT2D eigenvalue weighted by atomic mass is 35.5. The standard InChI is InChI=1S/C28H31ClFN9O4/c1-5-23(40)27(16-6-18(30)9-19(7-16)43-4)36-25(41)14-39-13-22-20(28(39)42)8-17(10-33-22)26(31)21(29)11-32-15(2)35-24-12-34-38(3)37-24/h6-12,23,27,31,40H,5,13-14H2,1-4H3,(H,36,41)(H,32,35,37)/b21-11+,31-26?/t23-,27-/m0/s1. The number of fused-ring (bicyclic) bond motifs is 1. The van der Waals surface area contributed by atoms with Crippen molar-refractivity contribution in [2.24, 2.45) is 12.0 Å². The summed E-state index contributed by atoms with van der Waals surface area (Å²) in [5.74, 6) is -0.378. The summed E-state index contributed by atoms with van der Waals surface area (Å²) < 4.78 is 19.2. The minimum atomic E-state index is -1.01. The SMILES string of the molecule is CC[C@H](O)[C@@H](NC(=O)CN1Cc2ncc(C(=N)/C(Cl)=C\N=C(/C)Nc3cnn(C)n3)cc2C1=O)c1cc(F)cc(OC)c1. The van der Waals surface area contributed by atoms with Crippen molar-refractivity contribution in [2.45, 2.75) is 39.0 Å². The summed E-state index contributed by atoms with van der Waals surface area (Å²) in [5.41, 5.74) is 1.20. The van der Waals surface area contributed by atoms with E-state index in [0.717, 1.165) is 0 Å². The number of hydrogen-bond donors (Lipinski definition) is 4. The van der Waals surface area contributed by atoms with Gasteiger partial charge in [0.2, 0.25) is 5.91 Å². The Kier molecular flexibility index (Phi) is 9.83. The Labute approximate surface area is 251 Å². The molecule has 0 aliphatic carbocycles. The number of nitrogens with zero attached hydrogens (tertiary/aromatic N) is 6. The number of benzene rings is 1. The summed E-state index contributed by atoms with van der Waals surface area (Å²) in [6, 6.07) is 4.51. The van der Waals surface area contributed by atoms with Crippen molar-refractivity contribution in [3.8, 4) is 5.75 Å². The van der Waals surface area contributed by atoms with Crippen molar-refractivity contribution in [2.75, 3.05) is 19.0 Å². The van der Waals surface area contributed by atoms with Crippen molar-refractivity contribution in [1.82, 2.24) is 30.2 Å². The lowest BCUT2D eigenvalue weighted by Crippen LogP contribution is -2.42. The third-order valence-corrected chi connectivity index (χ3v) is 6.87. The van der Waals surface area contributed by atoms with Gasteiger partial charge in [-0.3, -0.25) is 20.0 Å². The van der Waals surface area contributed by atoms with Crippen molar-refractivity contribution in [1.29, 1.82) is 5.41 Å². The third-order valence-electron chi connectivity index (χ3n) is 6.58. The highest BCUT2D eigenvalue weighted by Crippen LogP contribution is 2.26. The Balaban J connectivity index is 1.43. The van der Waals surface area contributed by atoms with Gasteiger partial charge in [-0.25, -0.2) is 9.38 Å².